The summed E-state index contributed by atoms with van der Waals surface area (Å²) in [5.41, 5.74) is 2.64. The second kappa shape index (κ2) is 8.60. The number of fused-ring (bicyclic) bond motifs is 1. The van der Waals surface area contributed by atoms with E-state index in [1.165, 1.54) is 6.07 Å². The molecule has 176 valence electrons. The minimum atomic E-state index is -2.74. The quantitative estimate of drug-likeness (QED) is 0.355. The van der Waals surface area contributed by atoms with Gasteiger partial charge in [-0.3, -0.25) is 4.98 Å². The molecule has 0 amide bonds. The fraction of sp³-hybridized carbons (Fsp3) is 0.321. The number of ether oxygens (including phenoxy) is 2. The summed E-state index contributed by atoms with van der Waals surface area (Å²) in [4.78, 5) is 4.67. The molecule has 1 N–H and O–H groups in total. The summed E-state index contributed by atoms with van der Waals surface area (Å²) in [7, 11) is 0. The Morgan fingerprint density at radius 3 is 2.65 bits per heavy atom. The Kier molecular flexibility index (Phi) is 5.74. The van der Waals surface area contributed by atoms with Crippen LogP contribution in [0, 0.1) is 0 Å². The summed E-state index contributed by atoms with van der Waals surface area (Å²) < 4.78 is 41.0. The van der Waals surface area contributed by atoms with Gasteiger partial charge in [0.25, 0.3) is 6.43 Å². The van der Waals surface area contributed by atoms with E-state index in [0.29, 0.717) is 28.6 Å². The third-order valence-corrected chi connectivity index (χ3v) is 6.18. The van der Waals surface area contributed by atoms with Gasteiger partial charge in [-0.25, -0.2) is 8.78 Å². The first kappa shape index (κ1) is 22.7. The second-order valence-corrected chi connectivity index (χ2v) is 9.58. The lowest BCUT2D eigenvalue weighted by atomic mass is 9.85. The molecule has 0 aliphatic carbocycles. The number of aliphatic hydroxyl groups is 1. The maximum absolute atomic E-state index is 14.5. The highest BCUT2D eigenvalue weighted by Gasteiger charge is 2.31. The van der Waals surface area contributed by atoms with E-state index in [4.69, 9.17) is 9.47 Å². The summed E-state index contributed by atoms with van der Waals surface area (Å²) >= 11 is 0. The number of pyridine rings is 1. The van der Waals surface area contributed by atoms with E-state index in [1.54, 1.807) is 6.20 Å². The van der Waals surface area contributed by atoms with Crippen molar-refractivity contribution in [3.05, 3.63) is 71.4 Å². The predicted octanol–water partition coefficient (Wildman–Crippen LogP) is 6.78. The molecule has 0 radical (unpaired) electrons. The van der Waals surface area contributed by atoms with Crippen LogP contribution >= 0.6 is 0 Å². The van der Waals surface area contributed by atoms with E-state index in [0.717, 1.165) is 34.1 Å². The molecule has 0 unspecified atom stereocenters. The van der Waals surface area contributed by atoms with Crippen LogP contribution in [-0.2, 0) is 11.2 Å². The molecule has 4 aromatic rings. The molecule has 1 aliphatic rings. The van der Waals surface area contributed by atoms with Crippen molar-refractivity contribution >= 4 is 21.7 Å². The highest BCUT2D eigenvalue weighted by atomic mass is 19.3. The number of aliphatic hydroxyl groups excluding tert-OH is 1. The number of benzene rings is 3. The zero-order chi connectivity index (χ0) is 24.0. The molecule has 6 heteroatoms. The standard InChI is InChI=1S/C28H27F2NO3/c1-28(2,3)34-22(15-32)25-20(27(29)30)14-17-6-4-5-7-18(17)24(25)19-8-9-21-23-16(11-13-33-21)10-12-31-26(19)23/h4-10,12,14,22,27,32H,11,13,15H2,1-3H3/t22-/m1/s1. The number of hydrogen-bond acceptors (Lipinski definition) is 4. The highest BCUT2D eigenvalue weighted by molar-refractivity contribution is 6.08. The third kappa shape index (κ3) is 3.91. The number of hydrogen-bond donors (Lipinski definition) is 1. The first-order chi connectivity index (χ1) is 16.3. The summed E-state index contributed by atoms with van der Waals surface area (Å²) in [5, 5.41) is 12.7. The van der Waals surface area contributed by atoms with Crippen molar-refractivity contribution in [3.63, 3.8) is 0 Å². The van der Waals surface area contributed by atoms with Gasteiger partial charge in [-0.1, -0.05) is 24.3 Å². The number of alkyl halides is 2. The number of halogens is 2. The van der Waals surface area contributed by atoms with E-state index >= 15 is 0 Å². The maximum Gasteiger partial charge on any atom is 0.264 e. The molecular weight excluding hydrogens is 436 g/mol. The summed E-state index contributed by atoms with van der Waals surface area (Å²) in [5.74, 6) is 0.744. The largest absolute Gasteiger partial charge is 0.493 e. The van der Waals surface area contributed by atoms with E-state index in [1.807, 2.05) is 63.2 Å². The van der Waals surface area contributed by atoms with Crippen molar-refractivity contribution in [2.75, 3.05) is 13.2 Å². The van der Waals surface area contributed by atoms with Gasteiger partial charge in [-0.05, 0) is 66.9 Å². The van der Waals surface area contributed by atoms with Gasteiger partial charge in [-0.2, -0.15) is 0 Å². The molecule has 3 aromatic carbocycles. The van der Waals surface area contributed by atoms with Gasteiger partial charge in [0.05, 0.1) is 24.3 Å². The Hall–Kier alpha value is -3.09. The van der Waals surface area contributed by atoms with Crippen LogP contribution in [0.2, 0.25) is 0 Å². The lowest BCUT2D eigenvalue weighted by molar-refractivity contribution is -0.0830. The molecule has 0 saturated carbocycles. The molecule has 0 bridgehead atoms. The molecule has 34 heavy (non-hydrogen) atoms. The lowest BCUT2D eigenvalue weighted by Crippen LogP contribution is -2.26. The van der Waals surface area contributed by atoms with Crippen molar-refractivity contribution in [1.82, 2.24) is 4.98 Å². The van der Waals surface area contributed by atoms with Gasteiger partial charge in [-0.15, -0.1) is 0 Å². The van der Waals surface area contributed by atoms with Gasteiger partial charge < -0.3 is 14.6 Å². The van der Waals surface area contributed by atoms with Crippen molar-refractivity contribution in [3.8, 4) is 16.9 Å². The van der Waals surface area contributed by atoms with Crippen LogP contribution in [0.15, 0.2) is 54.7 Å². The average Bonchev–Trinajstić information content (AvgIpc) is 2.81. The Labute approximate surface area is 197 Å². The summed E-state index contributed by atoms with van der Waals surface area (Å²) in [6.07, 6.45) is -1.17. The minimum absolute atomic E-state index is 0.145. The monoisotopic (exact) mass is 463 g/mol. The van der Waals surface area contributed by atoms with Crippen LogP contribution in [0.25, 0.3) is 32.8 Å². The van der Waals surface area contributed by atoms with Gasteiger partial charge in [0.2, 0.25) is 0 Å². The molecular formula is C28H27F2NO3. The van der Waals surface area contributed by atoms with Crippen LogP contribution in [0.4, 0.5) is 8.78 Å². The lowest BCUT2D eigenvalue weighted by Gasteiger charge is -2.30. The van der Waals surface area contributed by atoms with Crippen molar-refractivity contribution in [2.45, 2.75) is 45.3 Å². The van der Waals surface area contributed by atoms with Crippen molar-refractivity contribution in [2.24, 2.45) is 0 Å². The SMILES string of the molecule is CC(C)(C)O[C@H](CO)c1c(C(F)F)cc2ccccc2c1-c1ccc2c3c(ccnc13)CCO2. The number of aromatic nitrogens is 1. The van der Waals surface area contributed by atoms with Crippen LogP contribution in [0.5, 0.6) is 5.75 Å². The molecule has 4 nitrogen and oxygen atoms in total. The second-order valence-electron chi connectivity index (χ2n) is 9.58. The predicted molar refractivity (Wildman–Crippen MR) is 130 cm³/mol. The summed E-state index contributed by atoms with van der Waals surface area (Å²) in [6, 6.07) is 14.7. The topological polar surface area (TPSA) is 51.6 Å². The molecule has 0 saturated heterocycles. The van der Waals surface area contributed by atoms with Gasteiger partial charge in [0.15, 0.2) is 0 Å². The van der Waals surface area contributed by atoms with E-state index in [2.05, 4.69) is 4.98 Å². The fourth-order valence-electron chi connectivity index (χ4n) is 4.92. The fourth-order valence-corrected chi connectivity index (χ4v) is 4.92. The summed E-state index contributed by atoms with van der Waals surface area (Å²) in [6.45, 7) is 5.70. The van der Waals surface area contributed by atoms with Gasteiger partial charge in [0, 0.05) is 34.7 Å². The van der Waals surface area contributed by atoms with Crippen molar-refractivity contribution in [1.29, 1.82) is 0 Å². The van der Waals surface area contributed by atoms with Gasteiger partial charge in [0.1, 0.15) is 11.9 Å². The Balaban J connectivity index is 1.92. The molecule has 5 rings (SSSR count). The Morgan fingerprint density at radius 2 is 1.91 bits per heavy atom. The zero-order valence-corrected chi connectivity index (χ0v) is 19.4. The first-order valence-electron chi connectivity index (χ1n) is 11.4. The van der Waals surface area contributed by atoms with E-state index < -0.39 is 24.7 Å². The molecule has 1 atom stereocenters. The smallest absolute Gasteiger partial charge is 0.264 e. The average molecular weight is 464 g/mol. The molecule has 1 aliphatic heterocycles. The van der Waals surface area contributed by atoms with Crippen LogP contribution < -0.4 is 4.74 Å². The number of nitrogens with zero attached hydrogens (tertiary/aromatic N) is 1. The van der Waals surface area contributed by atoms with Gasteiger partial charge >= 0.3 is 0 Å². The van der Waals surface area contributed by atoms with Crippen LogP contribution in [0.3, 0.4) is 0 Å². The molecule has 2 heterocycles. The van der Waals surface area contributed by atoms with Crippen LogP contribution in [0.1, 0.15) is 50.0 Å². The third-order valence-electron chi connectivity index (χ3n) is 6.18. The van der Waals surface area contributed by atoms with Crippen LogP contribution in [-0.4, -0.2) is 28.9 Å². The highest BCUT2D eigenvalue weighted by Crippen LogP contribution is 2.46. The zero-order valence-electron chi connectivity index (χ0n) is 19.4. The Morgan fingerprint density at radius 1 is 1.12 bits per heavy atom. The Bertz CT molecular complexity index is 1370. The van der Waals surface area contributed by atoms with E-state index in [9.17, 15) is 13.9 Å². The number of rotatable bonds is 5. The molecule has 0 fully saturated rings. The first-order valence-corrected chi connectivity index (χ1v) is 11.4. The normalized spacial score (nSPS) is 14.6. The molecule has 1 aromatic heterocycles. The minimum Gasteiger partial charge on any atom is -0.493 e. The maximum atomic E-state index is 14.5. The molecule has 0 spiro atoms. The van der Waals surface area contributed by atoms with E-state index in [-0.39, 0.29) is 5.56 Å². The van der Waals surface area contributed by atoms with Crippen molar-refractivity contribution < 1.29 is 23.4 Å².